The Morgan fingerprint density at radius 1 is 1.53 bits per heavy atom. The molecule has 2 rings (SSSR count). The van der Waals surface area contributed by atoms with E-state index in [1.165, 1.54) is 19.3 Å². The molecule has 1 atom stereocenters. The van der Waals surface area contributed by atoms with E-state index in [1.54, 1.807) is 10.6 Å². The van der Waals surface area contributed by atoms with Crippen LogP contribution in [0.1, 0.15) is 31.2 Å². The maximum Gasteiger partial charge on any atom is 0.260 e. The van der Waals surface area contributed by atoms with Gasteiger partial charge in [-0.1, -0.05) is 18.6 Å². The van der Waals surface area contributed by atoms with E-state index >= 15 is 0 Å². The third kappa shape index (κ3) is 3.42. The Hall–Kier alpha value is -1.20. The predicted molar refractivity (Wildman–Crippen MR) is 81.5 cm³/mol. The molecule has 5 heteroatoms. The summed E-state index contributed by atoms with van der Waals surface area (Å²) in [4.78, 5) is 14.7. The summed E-state index contributed by atoms with van der Waals surface area (Å²) >= 11 is 4.89. The van der Waals surface area contributed by atoms with Gasteiger partial charge >= 0.3 is 0 Å². The zero-order chi connectivity index (χ0) is 13.8. The van der Waals surface area contributed by atoms with Crippen molar-refractivity contribution in [3.05, 3.63) is 34.2 Å². The Balaban J connectivity index is 2.05. The third-order valence-corrected chi connectivity index (χ3v) is 4.13. The molecule has 0 spiro atoms. The lowest BCUT2D eigenvalue weighted by Crippen LogP contribution is -2.38. The topological polar surface area (TPSA) is 51.3 Å². The standard InChI is InChI=1S/C14H21N3OS/c1-16-8-3-2-5-11(16)7-10-17-9-4-6-12(13(15)19)14(17)18/h4,6,9,11H,2-3,5,7-8,10H2,1H3,(H2,15,19). The summed E-state index contributed by atoms with van der Waals surface area (Å²) in [6.45, 7) is 1.89. The molecule has 0 saturated carbocycles. The molecule has 0 aliphatic carbocycles. The number of thiocarbonyl (C=S) groups is 1. The van der Waals surface area contributed by atoms with E-state index in [2.05, 4.69) is 11.9 Å². The predicted octanol–water partition coefficient (Wildman–Crippen LogP) is 1.36. The normalized spacial score (nSPS) is 20.4. The minimum absolute atomic E-state index is 0.0755. The second kappa shape index (κ2) is 6.30. The summed E-state index contributed by atoms with van der Waals surface area (Å²) in [7, 11) is 2.16. The van der Waals surface area contributed by atoms with Crippen LogP contribution in [0.3, 0.4) is 0 Å². The highest BCUT2D eigenvalue weighted by Gasteiger charge is 2.18. The van der Waals surface area contributed by atoms with Gasteiger partial charge in [-0.2, -0.15) is 0 Å². The van der Waals surface area contributed by atoms with Gasteiger partial charge in [0.05, 0.1) is 5.56 Å². The fourth-order valence-electron chi connectivity index (χ4n) is 2.70. The van der Waals surface area contributed by atoms with Crippen LogP contribution in [0.5, 0.6) is 0 Å². The largest absolute Gasteiger partial charge is 0.389 e. The Labute approximate surface area is 119 Å². The van der Waals surface area contributed by atoms with Crippen molar-refractivity contribution < 1.29 is 0 Å². The molecule has 0 aromatic carbocycles. The lowest BCUT2D eigenvalue weighted by atomic mass is 10.00. The molecule has 1 fully saturated rings. The first-order chi connectivity index (χ1) is 9.09. The molecule has 1 aromatic heterocycles. The molecule has 0 amide bonds. The van der Waals surface area contributed by atoms with E-state index in [0.29, 0.717) is 11.6 Å². The van der Waals surface area contributed by atoms with E-state index in [1.807, 2.05) is 12.3 Å². The van der Waals surface area contributed by atoms with Gasteiger partial charge in [0.1, 0.15) is 4.99 Å². The zero-order valence-corrected chi connectivity index (χ0v) is 12.2. The molecule has 1 unspecified atom stereocenters. The van der Waals surface area contributed by atoms with Crippen molar-refractivity contribution in [1.82, 2.24) is 9.47 Å². The monoisotopic (exact) mass is 279 g/mol. The Morgan fingerprint density at radius 3 is 3.00 bits per heavy atom. The molecule has 2 N–H and O–H groups in total. The van der Waals surface area contributed by atoms with Crippen LogP contribution in [0.15, 0.2) is 23.1 Å². The molecule has 1 aliphatic heterocycles. The van der Waals surface area contributed by atoms with Crippen LogP contribution in [0.4, 0.5) is 0 Å². The number of pyridine rings is 1. The van der Waals surface area contributed by atoms with Crippen LogP contribution in [0, 0.1) is 0 Å². The molecule has 0 bridgehead atoms. The van der Waals surface area contributed by atoms with Crippen molar-refractivity contribution in [3.63, 3.8) is 0 Å². The maximum atomic E-state index is 12.1. The maximum absolute atomic E-state index is 12.1. The minimum Gasteiger partial charge on any atom is -0.389 e. The minimum atomic E-state index is -0.0755. The van der Waals surface area contributed by atoms with E-state index in [9.17, 15) is 4.79 Å². The van der Waals surface area contributed by atoms with Crippen LogP contribution in [-0.2, 0) is 6.54 Å². The van der Waals surface area contributed by atoms with Gasteiger partial charge < -0.3 is 15.2 Å². The number of nitrogens with zero attached hydrogens (tertiary/aromatic N) is 2. The Morgan fingerprint density at radius 2 is 2.32 bits per heavy atom. The second-order valence-electron chi connectivity index (χ2n) is 5.20. The van der Waals surface area contributed by atoms with E-state index in [-0.39, 0.29) is 10.5 Å². The van der Waals surface area contributed by atoms with Crippen molar-refractivity contribution in [2.75, 3.05) is 13.6 Å². The van der Waals surface area contributed by atoms with Crippen LogP contribution >= 0.6 is 12.2 Å². The van der Waals surface area contributed by atoms with Gasteiger partial charge in [0.2, 0.25) is 0 Å². The van der Waals surface area contributed by atoms with Gasteiger partial charge in [-0.15, -0.1) is 0 Å². The molecule has 1 aliphatic rings. The highest BCUT2D eigenvalue weighted by atomic mass is 32.1. The van der Waals surface area contributed by atoms with Gasteiger partial charge in [0.25, 0.3) is 5.56 Å². The zero-order valence-electron chi connectivity index (χ0n) is 11.3. The first-order valence-corrected chi connectivity index (χ1v) is 7.20. The summed E-state index contributed by atoms with van der Waals surface area (Å²) < 4.78 is 1.72. The molecule has 4 nitrogen and oxygen atoms in total. The van der Waals surface area contributed by atoms with E-state index < -0.39 is 0 Å². The third-order valence-electron chi connectivity index (χ3n) is 3.91. The molecular weight excluding hydrogens is 258 g/mol. The van der Waals surface area contributed by atoms with Crippen molar-refractivity contribution in [2.24, 2.45) is 5.73 Å². The van der Waals surface area contributed by atoms with Crippen molar-refractivity contribution >= 4 is 17.2 Å². The highest BCUT2D eigenvalue weighted by molar-refractivity contribution is 7.80. The molecular formula is C14H21N3OS. The molecule has 104 valence electrons. The van der Waals surface area contributed by atoms with Gasteiger partial charge in [-0.25, -0.2) is 0 Å². The molecule has 0 radical (unpaired) electrons. The summed E-state index contributed by atoms with van der Waals surface area (Å²) in [5.74, 6) is 0. The summed E-state index contributed by atoms with van der Waals surface area (Å²) in [5, 5.41) is 0. The number of aryl methyl sites for hydroxylation is 1. The highest BCUT2D eigenvalue weighted by Crippen LogP contribution is 2.18. The number of aromatic nitrogens is 1. The van der Waals surface area contributed by atoms with Crippen LogP contribution in [0.25, 0.3) is 0 Å². The average molecular weight is 279 g/mol. The van der Waals surface area contributed by atoms with Crippen LogP contribution in [0.2, 0.25) is 0 Å². The first kappa shape index (κ1) is 14.2. The van der Waals surface area contributed by atoms with Crippen molar-refractivity contribution in [1.29, 1.82) is 0 Å². The number of likely N-dealkylation sites (tertiary alicyclic amines) is 1. The van der Waals surface area contributed by atoms with Gasteiger partial charge in [-0.3, -0.25) is 4.79 Å². The Kier molecular flexibility index (Phi) is 4.71. The number of hydrogen-bond acceptors (Lipinski definition) is 3. The Bertz CT molecular complexity index is 512. The van der Waals surface area contributed by atoms with Gasteiger partial charge in [-0.05, 0) is 45.0 Å². The van der Waals surface area contributed by atoms with E-state index in [4.69, 9.17) is 18.0 Å². The molecule has 2 heterocycles. The van der Waals surface area contributed by atoms with Gasteiger partial charge in [0.15, 0.2) is 0 Å². The average Bonchev–Trinajstić information content (AvgIpc) is 2.39. The van der Waals surface area contributed by atoms with E-state index in [0.717, 1.165) is 19.5 Å². The van der Waals surface area contributed by atoms with Crippen molar-refractivity contribution in [3.8, 4) is 0 Å². The first-order valence-electron chi connectivity index (χ1n) is 6.79. The second-order valence-corrected chi connectivity index (χ2v) is 5.64. The lowest BCUT2D eigenvalue weighted by Gasteiger charge is -2.32. The number of nitrogens with two attached hydrogens (primary N) is 1. The van der Waals surface area contributed by atoms with Crippen LogP contribution < -0.4 is 11.3 Å². The fraction of sp³-hybridized carbons (Fsp3) is 0.571. The smallest absolute Gasteiger partial charge is 0.260 e. The molecule has 1 aromatic rings. The quantitative estimate of drug-likeness (QED) is 0.846. The SMILES string of the molecule is CN1CCCCC1CCn1cccc(C(N)=S)c1=O. The van der Waals surface area contributed by atoms with Crippen LogP contribution in [-0.4, -0.2) is 34.1 Å². The van der Waals surface area contributed by atoms with Gasteiger partial charge in [0, 0.05) is 18.8 Å². The number of hydrogen-bond donors (Lipinski definition) is 1. The summed E-state index contributed by atoms with van der Waals surface area (Å²) in [6.07, 6.45) is 6.60. The summed E-state index contributed by atoms with van der Waals surface area (Å²) in [5.41, 5.74) is 5.92. The molecule has 1 saturated heterocycles. The number of rotatable bonds is 4. The summed E-state index contributed by atoms with van der Waals surface area (Å²) in [6, 6.07) is 4.10. The lowest BCUT2D eigenvalue weighted by molar-refractivity contribution is 0.170. The van der Waals surface area contributed by atoms with Crippen molar-refractivity contribution in [2.45, 2.75) is 38.3 Å². The number of piperidine rings is 1. The fourth-order valence-corrected chi connectivity index (χ4v) is 2.85. The molecule has 19 heavy (non-hydrogen) atoms.